The van der Waals surface area contributed by atoms with Crippen molar-refractivity contribution in [2.75, 3.05) is 25.5 Å². The van der Waals surface area contributed by atoms with Crippen LogP contribution in [0.1, 0.15) is 36.2 Å². The van der Waals surface area contributed by atoms with Crippen LogP contribution >= 0.6 is 11.6 Å². The summed E-state index contributed by atoms with van der Waals surface area (Å²) in [6.45, 7) is 3.65. The molecule has 0 amide bonds. The van der Waals surface area contributed by atoms with Crippen molar-refractivity contribution in [1.29, 1.82) is 0 Å². The summed E-state index contributed by atoms with van der Waals surface area (Å²) in [5, 5.41) is 8.20. The van der Waals surface area contributed by atoms with Crippen molar-refractivity contribution in [3.8, 4) is 0 Å². The summed E-state index contributed by atoms with van der Waals surface area (Å²) in [7, 11) is 2.14. The molecule has 8 heteroatoms. The van der Waals surface area contributed by atoms with Crippen LogP contribution < -0.4 is 5.32 Å². The van der Waals surface area contributed by atoms with Gasteiger partial charge in [0.05, 0.1) is 34.7 Å². The van der Waals surface area contributed by atoms with Crippen LogP contribution in [-0.4, -0.2) is 50.6 Å². The topological polar surface area (TPSA) is 75.9 Å². The van der Waals surface area contributed by atoms with Gasteiger partial charge in [0, 0.05) is 12.4 Å². The third kappa shape index (κ3) is 3.65. The van der Waals surface area contributed by atoms with E-state index in [4.69, 9.17) is 11.6 Å². The van der Waals surface area contributed by atoms with Crippen molar-refractivity contribution in [1.82, 2.24) is 24.6 Å². The molecular weight excluding hydrogens is 364 g/mol. The van der Waals surface area contributed by atoms with Gasteiger partial charge >= 0.3 is 0 Å². The predicted molar refractivity (Wildman–Crippen MR) is 106 cm³/mol. The maximum atomic E-state index is 12.1. The van der Waals surface area contributed by atoms with E-state index in [0.29, 0.717) is 33.5 Å². The van der Waals surface area contributed by atoms with Crippen molar-refractivity contribution >= 4 is 39.8 Å². The lowest BCUT2D eigenvalue weighted by Crippen LogP contribution is -2.31. The molecule has 0 saturated carbocycles. The number of carbonyl (C=O) groups excluding carboxylic acids is 1. The zero-order valence-electron chi connectivity index (χ0n) is 15.3. The van der Waals surface area contributed by atoms with Gasteiger partial charge in [-0.1, -0.05) is 11.6 Å². The predicted octanol–water partition coefficient (Wildman–Crippen LogP) is 3.69. The molecule has 0 unspecified atom stereocenters. The molecule has 1 fully saturated rings. The molecular formula is C19H21ClN6O. The highest BCUT2D eigenvalue weighted by Gasteiger charge is 2.20. The van der Waals surface area contributed by atoms with Crippen molar-refractivity contribution in [3.63, 3.8) is 0 Å². The average molecular weight is 385 g/mol. The zero-order chi connectivity index (χ0) is 19.0. The Balaban J connectivity index is 1.68. The Bertz CT molecular complexity index is 993. The number of ketones is 1. The van der Waals surface area contributed by atoms with Gasteiger partial charge in [0.2, 0.25) is 0 Å². The first-order chi connectivity index (χ1) is 13.0. The number of anilines is 2. The van der Waals surface area contributed by atoms with Crippen LogP contribution in [0, 0.1) is 0 Å². The highest BCUT2D eigenvalue weighted by atomic mass is 35.5. The Kier molecular flexibility index (Phi) is 4.80. The summed E-state index contributed by atoms with van der Waals surface area (Å²) in [4.78, 5) is 23.1. The standard InChI is InChI=1S/C19H21ClN6O/c1-12(27)15-10-21-16-3-4-17(20)24-19(16)18(15)23-13-9-22-26(11-13)14-5-7-25(2)8-6-14/h3-4,9-11,14H,5-8H2,1-2H3,(H,21,23). The number of likely N-dealkylation sites (tertiary alicyclic amines) is 1. The van der Waals surface area contributed by atoms with E-state index in [-0.39, 0.29) is 5.78 Å². The number of halogens is 1. The third-order valence-electron chi connectivity index (χ3n) is 4.99. The molecule has 0 aromatic carbocycles. The highest BCUT2D eigenvalue weighted by molar-refractivity contribution is 6.30. The molecule has 140 valence electrons. The third-order valence-corrected chi connectivity index (χ3v) is 5.20. The van der Waals surface area contributed by atoms with Gasteiger partial charge in [-0.3, -0.25) is 14.5 Å². The summed E-state index contributed by atoms with van der Waals surface area (Å²) in [5.41, 5.74) is 3.14. The van der Waals surface area contributed by atoms with Crippen molar-refractivity contribution < 1.29 is 4.79 Å². The average Bonchev–Trinajstić information content (AvgIpc) is 3.11. The number of hydrogen-bond donors (Lipinski definition) is 1. The van der Waals surface area contributed by atoms with Crippen molar-refractivity contribution in [2.45, 2.75) is 25.8 Å². The van der Waals surface area contributed by atoms with Gasteiger partial charge in [0.1, 0.15) is 10.7 Å². The van der Waals surface area contributed by atoms with Crippen LogP contribution in [0.4, 0.5) is 11.4 Å². The fourth-order valence-electron chi connectivity index (χ4n) is 3.44. The molecule has 27 heavy (non-hydrogen) atoms. The molecule has 0 atom stereocenters. The fraction of sp³-hybridized carbons (Fsp3) is 0.368. The molecule has 3 aromatic heterocycles. The number of carbonyl (C=O) groups is 1. The van der Waals surface area contributed by atoms with E-state index in [0.717, 1.165) is 31.6 Å². The number of nitrogens with zero attached hydrogens (tertiary/aromatic N) is 5. The van der Waals surface area contributed by atoms with E-state index in [1.54, 1.807) is 24.5 Å². The molecule has 4 rings (SSSR count). The summed E-state index contributed by atoms with van der Waals surface area (Å²) in [6.07, 6.45) is 7.48. The first-order valence-electron chi connectivity index (χ1n) is 8.97. The Morgan fingerprint density at radius 1 is 1.26 bits per heavy atom. The first-order valence-corrected chi connectivity index (χ1v) is 9.35. The smallest absolute Gasteiger partial charge is 0.163 e. The number of piperidine rings is 1. The molecule has 4 heterocycles. The van der Waals surface area contributed by atoms with E-state index >= 15 is 0 Å². The van der Waals surface area contributed by atoms with E-state index in [1.807, 2.05) is 10.9 Å². The van der Waals surface area contributed by atoms with E-state index in [1.165, 1.54) is 6.92 Å². The van der Waals surface area contributed by atoms with Gasteiger partial charge in [-0.05, 0) is 52.0 Å². The second-order valence-electron chi connectivity index (χ2n) is 6.97. The summed E-state index contributed by atoms with van der Waals surface area (Å²) in [5.74, 6) is -0.0867. The van der Waals surface area contributed by atoms with Crippen LogP contribution in [-0.2, 0) is 0 Å². The van der Waals surface area contributed by atoms with Crippen molar-refractivity contribution in [2.24, 2.45) is 0 Å². The zero-order valence-corrected chi connectivity index (χ0v) is 16.1. The lowest BCUT2D eigenvalue weighted by molar-refractivity contribution is 0.101. The maximum Gasteiger partial charge on any atom is 0.163 e. The quantitative estimate of drug-likeness (QED) is 0.546. The Hall–Kier alpha value is -2.51. The lowest BCUT2D eigenvalue weighted by atomic mass is 10.1. The normalized spacial score (nSPS) is 16.0. The minimum absolute atomic E-state index is 0.0867. The number of Topliss-reactive ketones (excluding diaryl/α,β-unsaturated/α-hetero) is 1. The number of hydrogen-bond acceptors (Lipinski definition) is 6. The largest absolute Gasteiger partial charge is 0.350 e. The number of nitrogens with one attached hydrogen (secondary N) is 1. The van der Waals surface area contributed by atoms with E-state index in [2.05, 4.69) is 32.3 Å². The van der Waals surface area contributed by atoms with Crippen LogP contribution in [0.15, 0.2) is 30.7 Å². The second-order valence-corrected chi connectivity index (χ2v) is 7.36. The summed E-state index contributed by atoms with van der Waals surface area (Å²) >= 11 is 6.07. The second kappa shape index (κ2) is 7.25. The maximum absolute atomic E-state index is 12.1. The van der Waals surface area contributed by atoms with E-state index in [9.17, 15) is 4.79 Å². The lowest BCUT2D eigenvalue weighted by Gasteiger charge is -2.28. The van der Waals surface area contributed by atoms with Crippen LogP contribution in [0.5, 0.6) is 0 Å². The van der Waals surface area contributed by atoms with Crippen molar-refractivity contribution in [3.05, 3.63) is 41.4 Å². The molecule has 0 radical (unpaired) electrons. The van der Waals surface area contributed by atoms with Gasteiger partial charge in [0.25, 0.3) is 0 Å². The number of pyridine rings is 2. The van der Waals surface area contributed by atoms with Gasteiger partial charge in [-0.25, -0.2) is 4.98 Å². The molecule has 1 saturated heterocycles. The molecule has 0 aliphatic carbocycles. The Morgan fingerprint density at radius 2 is 2.04 bits per heavy atom. The van der Waals surface area contributed by atoms with E-state index < -0.39 is 0 Å². The Morgan fingerprint density at radius 3 is 2.78 bits per heavy atom. The van der Waals surface area contributed by atoms with Gasteiger partial charge < -0.3 is 10.2 Å². The molecule has 0 spiro atoms. The minimum Gasteiger partial charge on any atom is -0.350 e. The number of aromatic nitrogens is 4. The minimum atomic E-state index is -0.0867. The molecule has 1 N–H and O–H groups in total. The first kappa shape index (κ1) is 17.9. The summed E-state index contributed by atoms with van der Waals surface area (Å²) < 4.78 is 2.01. The van der Waals surface area contributed by atoms with Crippen LogP contribution in [0.2, 0.25) is 5.15 Å². The fourth-order valence-corrected chi connectivity index (χ4v) is 3.59. The molecule has 3 aromatic rings. The van der Waals surface area contributed by atoms with Gasteiger partial charge in [-0.15, -0.1) is 0 Å². The summed E-state index contributed by atoms with van der Waals surface area (Å²) in [6, 6.07) is 3.87. The number of fused-ring (bicyclic) bond motifs is 1. The Labute approximate surface area is 162 Å². The molecule has 0 bridgehead atoms. The molecule has 1 aliphatic rings. The monoisotopic (exact) mass is 384 g/mol. The number of rotatable bonds is 4. The highest BCUT2D eigenvalue weighted by Crippen LogP contribution is 2.30. The SMILES string of the molecule is CC(=O)c1cnc2ccc(Cl)nc2c1Nc1cnn(C2CCN(C)CC2)c1. The molecule has 1 aliphatic heterocycles. The van der Waals surface area contributed by atoms with Crippen LogP contribution in [0.25, 0.3) is 11.0 Å². The van der Waals surface area contributed by atoms with Crippen LogP contribution in [0.3, 0.4) is 0 Å². The van der Waals surface area contributed by atoms with Gasteiger partial charge in [-0.2, -0.15) is 5.10 Å². The molecule has 7 nitrogen and oxygen atoms in total. The van der Waals surface area contributed by atoms with Gasteiger partial charge in [0.15, 0.2) is 5.78 Å².